The molecule has 0 aliphatic carbocycles. The van der Waals surface area contributed by atoms with Crippen LogP contribution in [-0.4, -0.2) is 12.2 Å². The van der Waals surface area contributed by atoms with Gasteiger partial charge in [0.2, 0.25) is 0 Å². The number of nitrogen functional groups attached to an aromatic ring is 1. The number of hydrogen-bond acceptors (Lipinski definition) is 3. The lowest BCUT2D eigenvalue weighted by Gasteiger charge is -2.19. The highest BCUT2D eigenvalue weighted by molar-refractivity contribution is 6.04. The second-order valence-electron chi connectivity index (χ2n) is 5.93. The molecule has 0 saturated carbocycles. The van der Waals surface area contributed by atoms with Crippen molar-refractivity contribution in [2.24, 2.45) is 0 Å². The Kier molecular flexibility index (Phi) is 3.64. The summed E-state index contributed by atoms with van der Waals surface area (Å²) in [6.45, 7) is 6.17. The van der Waals surface area contributed by atoms with E-state index < -0.39 is 0 Å². The maximum atomic E-state index is 10.8. The molecule has 3 rings (SSSR count). The van der Waals surface area contributed by atoms with E-state index in [0.29, 0.717) is 11.4 Å². The highest BCUT2D eigenvalue weighted by Gasteiger charge is 2.20. The second kappa shape index (κ2) is 5.51. The van der Waals surface area contributed by atoms with Crippen LogP contribution in [0.5, 0.6) is 11.5 Å². The summed E-state index contributed by atoms with van der Waals surface area (Å²) in [6.07, 6.45) is 0. The predicted molar refractivity (Wildman–Crippen MR) is 96.2 cm³/mol. The molecule has 0 atom stereocenters. The molecule has 23 heavy (non-hydrogen) atoms. The zero-order chi connectivity index (χ0) is 16.7. The number of ether oxygens (including phenoxy) is 1. The monoisotopic (exact) mass is 307 g/mol. The van der Waals surface area contributed by atoms with E-state index in [0.717, 1.165) is 33.0 Å². The highest BCUT2D eigenvalue weighted by atomic mass is 16.5. The summed E-state index contributed by atoms with van der Waals surface area (Å²) >= 11 is 0. The van der Waals surface area contributed by atoms with Gasteiger partial charge in [0.15, 0.2) is 11.5 Å². The first-order valence-electron chi connectivity index (χ1n) is 7.61. The Morgan fingerprint density at radius 3 is 2.35 bits per heavy atom. The summed E-state index contributed by atoms with van der Waals surface area (Å²) in [5.41, 5.74) is 12.0. The third-order valence-corrected chi connectivity index (χ3v) is 4.65. The van der Waals surface area contributed by atoms with Gasteiger partial charge in [-0.15, -0.1) is 0 Å². The normalized spacial score (nSPS) is 11.0. The van der Waals surface area contributed by atoms with Gasteiger partial charge in [-0.2, -0.15) is 0 Å². The van der Waals surface area contributed by atoms with Crippen LogP contribution in [-0.2, 0) is 0 Å². The van der Waals surface area contributed by atoms with Crippen molar-refractivity contribution in [1.82, 2.24) is 0 Å². The standard InChI is InChI=1S/C20H21NO2/c1-11-9-16(21)18(13(3)12(11)2)19-15-8-6-5-7-14(15)10-17(23-4)20(19)22/h5-10,22H,21H2,1-4H3. The topological polar surface area (TPSA) is 55.5 Å². The molecule has 0 bridgehead atoms. The smallest absolute Gasteiger partial charge is 0.166 e. The fourth-order valence-corrected chi connectivity index (χ4v) is 3.16. The highest BCUT2D eigenvalue weighted by Crippen LogP contribution is 2.46. The lowest BCUT2D eigenvalue weighted by molar-refractivity contribution is 0.375. The van der Waals surface area contributed by atoms with E-state index in [-0.39, 0.29) is 5.75 Å². The number of phenolic OH excluding ortho intramolecular Hbond substituents is 1. The van der Waals surface area contributed by atoms with Gasteiger partial charge in [-0.05, 0) is 60.4 Å². The van der Waals surface area contributed by atoms with Crippen molar-refractivity contribution >= 4 is 16.5 Å². The summed E-state index contributed by atoms with van der Waals surface area (Å²) in [5.74, 6) is 0.583. The molecule has 0 aliphatic rings. The molecule has 0 spiro atoms. The molecule has 0 radical (unpaired) electrons. The number of rotatable bonds is 2. The SMILES string of the molecule is COc1cc2ccccc2c(-c2c(N)cc(C)c(C)c2C)c1O. The fourth-order valence-electron chi connectivity index (χ4n) is 3.16. The summed E-state index contributed by atoms with van der Waals surface area (Å²) in [7, 11) is 1.56. The Morgan fingerprint density at radius 1 is 0.957 bits per heavy atom. The van der Waals surface area contributed by atoms with Crippen molar-refractivity contribution in [1.29, 1.82) is 0 Å². The zero-order valence-corrected chi connectivity index (χ0v) is 13.9. The van der Waals surface area contributed by atoms with Crippen molar-refractivity contribution in [2.45, 2.75) is 20.8 Å². The van der Waals surface area contributed by atoms with Crippen LogP contribution in [0.2, 0.25) is 0 Å². The van der Waals surface area contributed by atoms with Gasteiger partial charge in [0.1, 0.15) is 0 Å². The number of hydrogen-bond donors (Lipinski definition) is 2. The van der Waals surface area contributed by atoms with Gasteiger partial charge in [-0.1, -0.05) is 24.3 Å². The van der Waals surface area contributed by atoms with Gasteiger partial charge in [-0.3, -0.25) is 0 Å². The third-order valence-electron chi connectivity index (χ3n) is 4.65. The van der Waals surface area contributed by atoms with Crippen molar-refractivity contribution in [3.05, 3.63) is 53.1 Å². The molecule has 0 fully saturated rings. The lowest BCUT2D eigenvalue weighted by atomic mass is 9.89. The van der Waals surface area contributed by atoms with Crippen LogP contribution in [0.3, 0.4) is 0 Å². The molecular weight excluding hydrogens is 286 g/mol. The first kappa shape index (κ1) is 15.2. The van der Waals surface area contributed by atoms with E-state index in [4.69, 9.17) is 10.5 Å². The minimum Gasteiger partial charge on any atom is -0.504 e. The van der Waals surface area contributed by atoms with Gasteiger partial charge < -0.3 is 15.6 Å². The number of aromatic hydroxyl groups is 1. The zero-order valence-electron chi connectivity index (χ0n) is 13.9. The van der Waals surface area contributed by atoms with Crippen LogP contribution >= 0.6 is 0 Å². The third kappa shape index (κ3) is 2.29. The van der Waals surface area contributed by atoms with E-state index in [2.05, 4.69) is 6.92 Å². The molecule has 3 aromatic carbocycles. The molecule has 3 N–H and O–H groups in total. The molecule has 0 amide bonds. The van der Waals surface area contributed by atoms with E-state index in [1.165, 1.54) is 5.56 Å². The number of phenols is 1. The molecule has 3 aromatic rings. The van der Waals surface area contributed by atoms with Gasteiger partial charge in [0.25, 0.3) is 0 Å². The Balaban J connectivity index is 2.50. The van der Waals surface area contributed by atoms with Crippen molar-refractivity contribution in [3.63, 3.8) is 0 Å². The van der Waals surface area contributed by atoms with Crippen molar-refractivity contribution < 1.29 is 9.84 Å². The first-order valence-corrected chi connectivity index (χ1v) is 7.61. The minimum atomic E-state index is 0.129. The van der Waals surface area contributed by atoms with Gasteiger partial charge in [0, 0.05) is 16.8 Å². The van der Waals surface area contributed by atoms with Gasteiger partial charge >= 0.3 is 0 Å². The van der Waals surface area contributed by atoms with Crippen LogP contribution < -0.4 is 10.5 Å². The second-order valence-corrected chi connectivity index (χ2v) is 5.93. The summed E-state index contributed by atoms with van der Waals surface area (Å²) in [4.78, 5) is 0. The Hall–Kier alpha value is -2.68. The van der Waals surface area contributed by atoms with Gasteiger partial charge in [-0.25, -0.2) is 0 Å². The van der Waals surface area contributed by atoms with Crippen LogP contribution in [0.25, 0.3) is 21.9 Å². The molecule has 0 heterocycles. The average Bonchev–Trinajstić information content (AvgIpc) is 2.54. The average molecular weight is 307 g/mol. The molecule has 3 heteroatoms. The molecular formula is C20H21NO2. The van der Waals surface area contributed by atoms with Gasteiger partial charge in [0.05, 0.1) is 7.11 Å². The number of aryl methyl sites for hydroxylation is 1. The fraction of sp³-hybridized carbons (Fsp3) is 0.200. The number of nitrogens with two attached hydrogens (primary N) is 1. The molecule has 0 saturated heterocycles. The Morgan fingerprint density at radius 2 is 1.65 bits per heavy atom. The van der Waals surface area contributed by atoms with Crippen molar-refractivity contribution in [3.8, 4) is 22.6 Å². The van der Waals surface area contributed by atoms with Crippen molar-refractivity contribution in [2.75, 3.05) is 12.8 Å². The quantitative estimate of drug-likeness (QED) is 0.673. The number of fused-ring (bicyclic) bond motifs is 1. The number of anilines is 1. The van der Waals surface area contributed by atoms with Crippen LogP contribution in [0.15, 0.2) is 36.4 Å². The largest absolute Gasteiger partial charge is 0.504 e. The van der Waals surface area contributed by atoms with E-state index in [9.17, 15) is 5.11 Å². The van der Waals surface area contributed by atoms with Crippen LogP contribution in [0.4, 0.5) is 5.69 Å². The maximum Gasteiger partial charge on any atom is 0.166 e. The summed E-state index contributed by atoms with van der Waals surface area (Å²) < 4.78 is 5.36. The van der Waals surface area contributed by atoms with E-state index in [1.54, 1.807) is 7.11 Å². The molecule has 118 valence electrons. The number of benzene rings is 3. The Labute approximate surface area is 136 Å². The first-order chi connectivity index (χ1) is 11.0. The lowest BCUT2D eigenvalue weighted by Crippen LogP contribution is -1.99. The maximum absolute atomic E-state index is 10.8. The summed E-state index contributed by atoms with van der Waals surface area (Å²) in [6, 6.07) is 11.8. The minimum absolute atomic E-state index is 0.129. The van der Waals surface area contributed by atoms with Crippen LogP contribution in [0.1, 0.15) is 16.7 Å². The predicted octanol–water partition coefficient (Wildman–Crippen LogP) is 4.73. The molecule has 0 unspecified atom stereocenters. The van der Waals surface area contributed by atoms with E-state index in [1.807, 2.05) is 50.2 Å². The Bertz CT molecular complexity index is 913. The molecule has 0 aliphatic heterocycles. The van der Waals surface area contributed by atoms with E-state index >= 15 is 0 Å². The van der Waals surface area contributed by atoms with Crippen LogP contribution in [0, 0.1) is 20.8 Å². The number of methoxy groups -OCH3 is 1. The molecule has 0 aromatic heterocycles. The molecule has 3 nitrogen and oxygen atoms in total. The summed E-state index contributed by atoms with van der Waals surface area (Å²) in [5, 5.41) is 12.7.